The summed E-state index contributed by atoms with van der Waals surface area (Å²) in [6, 6.07) is 8.91. The van der Waals surface area contributed by atoms with Gasteiger partial charge in [0, 0.05) is 37.5 Å². The van der Waals surface area contributed by atoms with Gasteiger partial charge in [-0.25, -0.2) is 19.9 Å². The van der Waals surface area contributed by atoms with Crippen molar-refractivity contribution in [2.45, 2.75) is 12.3 Å². The van der Waals surface area contributed by atoms with E-state index in [0.717, 1.165) is 17.6 Å². The van der Waals surface area contributed by atoms with Crippen molar-refractivity contribution in [1.82, 2.24) is 29.2 Å². The average Bonchev–Trinajstić information content (AvgIpc) is 3.50. The van der Waals surface area contributed by atoms with E-state index in [-0.39, 0.29) is 11.8 Å². The van der Waals surface area contributed by atoms with E-state index in [9.17, 15) is 4.79 Å². The summed E-state index contributed by atoms with van der Waals surface area (Å²) in [7, 11) is 1.58. The van der Waals surface area contributed by atoms with E-state index in [1.165, 1.54) is 6.08 Å². The van der Waals surface area contributed by atoms with Gasteiger partial charge < -0.3 is 20.1 Å². The first kappa shape index (κ1) is 21.4. The summed E-state index contributed by atoms with van der Waals surface area (Å²) in [4.78, 5) is 31.7. The number of nitrogens with zero attached hydrogens (tertiary/aromatic N) is 6. The molecule has 1 amide bonds. The molecular formula is C24H23N7O3. The molecule has 172 valence electrons. The highest BCUT2D eigenvalue weighted by Crippen LogP contribution is 2.34. The lowest BCUT2D eigenvalue weighted by Crippen LogP contribution is -2.26. The third kappa shape index (κ3) is 3.90. The molecular weight excluding hydrogens is 434 g/mol. The van der Waals surface area contributed by atoms with Crippen LogP contribution in [0.3, 0.4) is 0 Å². The first-order chi connectivity index (χ1) is 16.6. The molecule has 0 aliphatic carbocycles. The first-order valence-electron chi connectivity index (χ1n) is 10.8. The smallest absolute Gasteiger partial charge is 0.245 e. The maximum atomic E-state index is 12.1. The Balaban J connectivity index is 1.47. The van der Waals surface area contributed by atoms with E-state index in [4.69, 9.17) is 20.2 Å². The van der Waals surface area contributed by atoms with Crippen molar-refractivity contribution in [2.75, 3.05) is 25.9 Å². The van der Waals surface area contributed by atoms with Crippen molar-refractivity contribution >= 4 is 17.4 Å². The molecule has 1 atom stereocenters. The summed E-state index contributed by atoms with van der Waals surface area (Å²) < 4.78 is 12.8. The minimum absolute atomic E-state index is 0.0739. The molecule has 10 heteroatoms. The third-order valence-electron chi connectivity index (χ3n) is 5.80. The van der Waals surface area contributed by atoms with Gasteiger partial charge in [0.25, 0.3) is 0 Å². The number of hydrogen-bond acceptors (Lipinski definition) is 8. The Morgan fingerprint density at radius 1 is 1.18 bits per heavy atom. The van der Waals surface area contributed by atoms with Crippen LogP contribution in [0.25, 0.3) is 17.0 Å². The molecule has 34 heavy (non-hydrogen) atoms. The molecule has 1 aliphatic heterocycles. The molecule has 1 saturated heterocycles. The topological polar surface area (TPSA) is 121 Å². The van der Waals surface area contributed by atoms with Gasteiger partial charge in [-0.05, 0) is 36.8 Å². The quantitative estimate of drug-likeness (QED) is 0.439. The van der Waals surface area contributed by atoms with Gasteiger partial charge in [-0.15, -0.1) is 0 Å². The fourth-order valence-corrected chi connectivity index (χ4v) is 4.14. The number of likely N-dealkylation sites (tertiary alicyclic amines) is 1. The number of carbonyl (C=O) groups excluding carboxylic acids is 1. The van der Waals surface area contributed by atoms with E-state index < -0.39 is 0 Å². The number of anilines is 1. The molecule has 5 heterocycles. The molecule has 1 fully saturated rings. The number of ether oxygens (including phenoxy) is 2. The number of carbonyl (C=O) groups is 1. The molecule has 1 unspecified atom stereocenters. The molecule has 2 N–H and O–H groups in total. The molecule has 4 aromatic rings. The fourth-order valence-electron chi connectivity index (χ4n) is 4.14. The molecule has 5 rings (SSSR count). The van der Waals surface area contributed by atoms with E-state index in [1.54, 1.807) is 53.2 Å². The summed E-state index contributed by atoms with van der Waals surface area (Å²) in [6.45, 7) is 4.82. The number of pyridine rings is 2. The van der Waals surface area contributed by atoms with E-state index in [1.807, 2.05) is 12.1 Å². The molecule has 0 aromatic carbocycles. The molecule has 0 spiro atoms. The van der Waals surface area contributed by atoms with Crippen LogP contribution in [0.4, 0.5) is 5.95 Å². The van der Waals surface area contributed by atoms with Crippen LogP contribution in [0.2, 0.25) is 0 Å². The monoisotopic (exact) mass is 457 g/mol. The van der Waals surface area contributed by atoms with Crippen LogP contribution in [0.5, 0.6) is 17.4 Å². The summed E-state index contributed by atoms with van der Waals surface area (Å²) in [5.74, 6) is 2.46. The van der Waals surface area contributed by atoms with E-state index in [0.29, 0.717) is 47.9 Å². The summed E-state index contributed by atoms with van der Waals surface area (Å²) in [5, 5.41) is 0. The predicted octanol–water partition coefficient (Wildman–Crippen LogP) is 3.07. The number of amides is 1. The van der Waals surface area contributed by atoms with Gasteiger partial charge in [-0.3, -0.25) is 9.20 Å². The molecule has 4 aromatic heterocycles. The second-order valence-corrected chi connectivity index (χ2v) is 7.83. The van der Waals surface area contributed by atoms with Crippen LogP contribution in [-0.2, 0) is 4.79 Å². The van der Waals surface area contributed by atoms with Crippen molar-refractivity contribution in [3.05, 3.63) is 67.3 Å². The van der Waals surface area contributed by atoms with Crippen molar-refractivity contribution in [2.24, 2.45) is 0 Å². The maximum absolute atomic E-state index is 12.1. The number of nitrogens with two attached hydrogens (primary N) is 1. The van der Waals surface area contributed by atoms with Crippen LogP contribution in [-0.4, -0.2) is 55.3 Å². The van der Waals surface area contributed by atoms with Gasteiger partial charge in [-0.2, -0.15) is 0 Å². The van der Waals surface area contributed by atoms with Crippen molar-refractivity contribution < 1.29 is 14.3 Å². The van der Waals surface area contributed by atoms with Crippen LogP contribution >= 0.6 is 0 Å². The van der Waals surface area contributed by atoms with Crippen LogP contribution in [0.1, 0.15) is 18.0 Å². The maximum Gasteiger partial charge on any atom is 0.245 e. The Morgan fingerprint density at radius 2 is 2.03 bits per heavy atom. The number of aromatic nitrogens is 5. The van der Waals surface area contributed by atoms with Crippen LogP contribution in [0.15, 0.2) is 61.6 Å². The largest absolute Gasteiger partial charge is 0.497 e. The predicted molar refractivity (Wildman–Crippen MR) is 126 cm³/mol. The highest BCUT2D eigenvalue weighted by molar-refractivity contribution is 5.87. The fraction of sp³-hybridized carbons (Fsp3) is 0.208. The Hall–Kier alpha value is -4.47. The number of methoxy groups -OCH3 is 1. The molecule has 0 radical (unpaired) electrons. The Labute approximate surface area is 195 Å². The van der Waals surface area contributed by atoms with Gasteiger partial charge in [0.2, 0.25) is 17.7 Å². The lowest BCUT2D eigenvalue weighted by Gasteiger charge is -2.13. The highest BCUT2D eigenvalue weighted by atomic mass is 16.5. The number of rotatable bonds is 6. The molecule has 0 bridgehead atoms. The molecule has 1 aliphatic rings. The second-order valence-electron chi connectivity index (χ2n) is 7.83. The van der Waals surface area contributed by atoms with Gasteiger partial charge in [0.05, 0.1) is 24.5 Å². The minimum atomic E-state index is -0.0739. The standard InChI is InChI=1S/C24H23N7O3/c1-3-21(32)30-11-8-15(14-30)22-19-7-10-27-24(25)31(19)23(29-22)18-5-4-17(13-28-18)34-20-12-16(33-2)6-9-26-20/h3-7,9-10,12-13,15H,1,8,11,14H2,2H3,(H2,25,27). The van der Waals surface area contributed by atoms with E-state index >= 15 is 0 Å². The zero-order chi connectivity index (χ0) is 23.7. The molecule has 10 nitrogen and oxygen atoms in total. The van der Waals surface area contributed by atoms with E-state index in [2.05, 4.69) is 21.5 Å². The number of imidazole rings is 1. The Morgan fingerprint density at radius 3 is 2.79 bits per heavy atom. The minimum Gasteiger partial charge on any atom is -0.497 e. The zero-order valence-electron chi connectivity index (χ0n) is 18.6. The summed E-state index contributed by atoms with van der Waals surface area (Å²) in [5.41, 5.74) is 8.56. The normalized spacial score (nSPS) is 15.4. The second kappa shape index (κ2) is 8.81. The third-order valence-corrected chi connectivity index (χ3v) is 5.80. The lowest BCUT2D eigenvalue weighted by atomic mass is 10.0. The average molecular weight is 457 g/mol. The SMILES string of the molecule is C=CC(=O)N1CCC(c2nc(-c3ccc(Oc4cc(OC)ccn4)cn3)n3c(N)nccc23)C1. The molecule has 0 saturated carbocycles. The van der Waals surface area contributed by atoms with Crippen LogP contribution in [0, 0.1) is 0 Å². The van der Waals surface area contributed by atoms with Crippen LogP contribution < -0.4 is 15.2 Å². The summed E-state index contributed by atoms with van der Waals surface area (Å²) in [6.07, 6.45) is 7.02. The summed E-state index contributed by atoms with van der Waals surface area (Å²) >= 11 is 0. The lowest BCUT2D eigenvalue weighted by molar-refractivity contribution is -0.125. The number of hydrogen-bond donors (Lipinski definition) is 1. The highest BCUT2D eigenvalue weighted by Gasteiger charge is 2.30. The number of fused-ring (bicyclic) bond motifs is 1. The zero-order valence-corrected chi connectivity index (χ0v) is 18.6. The van der Waals surface area contributed by atoms with Crippen molar-refractivity contribution in [1.29, 1.82) is 0 Å². The van der Waals surface area contributed by atoms with Gasteiger partial charge in [0.15, 0.2) is 5.82 Å². The van der Waals surface area contributed by atoms with Gasteiger partial charge in [0.1, 0.15) is 17.2 Å². The number of nitrogen functional groups attached to an aromatic ring is 1. The van der Waals surface area contributed by atoms with Crippen molar-refractivity contribution in [3.63, 3.8) is 0 Å². The Bertz CT molecular complexity index is 1370. The first-order valence-corrected chi connectivity index (χ1v) is 10.8. The van der Waals surface area contributed by atoms with Gasteiger partial charge >= 0.3 is 0 Å². The van der Waals surface area contributed by atoms with Crippen molar-refractivity contribution in [3.8, 4) is 28.9 Å². The Kier molecular flexibility index (Phi) is 5.54. The van der Waals surface area contributed by atoms with Gasteiger partial charge in [-0.1, -0.05) is 6.58 Å².